The molecule has 0 amide bonds. The molecule has 2 aliphatic heterocycles. The SMILES string of the molecule is Fc1cccc(Oc2cc(F)cc(N3CCC4(CCN(Cc5ccccc5)C4)CC3)c2)c1. The zero-order chi connectivity index (χ0) is 22.0. The Balaban J connectivity index is 1.22. The second kappa shape index (κ2) is 8.91. The van der Waals surface area contributed by atoms with E-state index in [2.05, 4.69) is 40.1 Å². The maximum Gasteiger partial charge on any atom is 0.132 e. The van der Waals surface area contributed by atoms with Crippen molar-refractivity contribution in [2.75, 3.05) is 31.1 Å². The highest BCUT2D eigenvalue weighted by atomic mass is 19.1. The summed E-state index contributed by atoms with van der Waals surface area (Å²) >= 11 is 0. The third-order valence-electron chi connectivity index (χ3n) is 6.84. The van der Waals surface area contributed by atoms with Gasteiger partial charge in [0, 0.05) is 50.1 Å². The number of nitrogens with zero attached hydrogens (tertiary/aromatic N) is 2. The summed E-state index contributed by atoms with van der Waals surface area (Å²) in [5.74, 6) is 0.0341. The normalized spacial score (nSPS) is 18.2. The first-order chi connectivity index (χ1) is 15.6. The van der Waals surface area contributed by atoms with Crippen LogP contribution < -0.4 is 9.64 Å². The summed E-state index contributed by atoms with van der Waals surface area (Å²) in [6, 6.07) is 21.3. The van der Waals surface area contributed by atoms with Gasteiger partial charge in [-0.05, 0) is 55.0 Å². The Morgan fingerprint density at radius 2 is 1.50 bits per heavy atom. The summed E-state index contributed by atoms with van der Waals surface area (Å²) in [6.45, 7) is 5.09. The van der Waals surface area contributed by atoms with Crippen molar-refractivity contribution in [3.05, 3.63) is 90.0 Å². The molecule has 0 atom stereocenters. The van der Waals surface area contributed by atoms with E-state index in [1.807, 2.05) is 6.07 Å². The maximum absolute atomic E-state index is 14.3. The molecule has 3 nitrogen and oxygen atoms in total. The van der Waals surface area contributed by atoms with Gasteiger partial charge in [-0.2, -0.15) is 0 Å². The summed E-state index contributed by atoms with van der Waals surface area (Å²) in [5, 5.41) is 0. The van der Waals surface area contributed by atoms with E-state index in [0.717, 1.165) is 51.3 Å². The number of anilines is 1. The third-order valence-corrected chi connectivity index (χ3v) is 6.84. The van der Waals surface area contributed by atoms with E-state index >= 15 is 0 Å². The first-order valence-electron chi connectivity index (χ1n) is 11.3. The van der Waals surface area contributed by atoms with E-state index in [1.165, 1.54) is 30.2 Å². The smallest absolute Gasteiger partial charge is 0.132 e. The van der Waals surface area contributed by atoms with Crippen LogP contribution in [0, 0.1) is 17.0 Å². The van der Waals surface area contributed by atoms with Gasteiger partial charge in [0.15, 0.2) is 0 Å². The molecule has 2 fully saturated rings. The minimum atomic E-state index is -0.377. The number of benzene rings is 3. The molecule has 2 saturated heterocycles. The summed E-state index contributed by atoms with van der Waals surface area (Å²) in [7, 11) is 0. The number of hydrogen-bond acceptors (Lipinski definition) is 3. The van der Waals surface area contributed by atoms with Crippen LogP contribution in [-0.2, 0) is 6.54 Å². The van der Waals surface area contributed by atoms with E-state index < -0.39 is 0 Å². The quantitative estimate of drug-likeness (QED) is 0.472. The van der Waals surface area contributed by atoms with Crippen molar-refractivity contribution in [1.82, 2.24) is 4.90 Å². The fraction of sp³-hybridized carbons (Fsp3) is 0.333. The fourth-order valence-corrected chi connectivity index (χ4v) is 5.11. The van der Waals surface area contributed by atoms with Crippen molar-refractivity contribution in [1.29, 1.82) is 0 Å². The Labute approximate surface area is 188 Å². The molecule has 1 spiro atoms. The molecule has 0 N–H and O–H groups in total. The lowest BCUT2D eigenvalue weighted by atomic mass is 9.77. The van der Waals surface area contributed by atoms with Crippen molar-refractivity contribution >= 4 is 5.69 Å². The second-order valence-corrected chi connectivity index (χ2v) is 9.14. The largest absolute Gasteiger partial charge is 0.457 e. The average molecular weight is 435 g/mol. The maximum atomic E-state index is 14.3. The van der Waals surface area contributed by atoms with Gasteiger partial charge in [-0.3, -0.25) is 4.90 Å². The molecule has 2 heterocycles. The van der Waals surface area contributed by atoms with E-state index in [0.29, 0.717) is 16.9 Å². The standard InChI is InChI=1S/C27H28F2N2O/c28-22-7-4-8-25(16-22)32-26-17-23(29)15-24(18-26)31-13-10-27(11-14-31)9-12-30(20-27)19-21-5-2-1-3-6-21/h1-8,15-18H,9-14,19-20H2. The Kier molecular flexibility index (Phi) is 5.83. The van der Waals surface area contributed by atoms with Crippen LogP contribution in [0.1, 0.15) is 24.8 Å². The monoisotopic (exact) mass is 434 g/mol. The highest BCUT2D eigenvalue weighted by molar-refractivity contribution is 5.52. The van der Waals surface area contributed by atoms with Gasteiger partial charge in [-0.15, -0.1) is 0 Å². The molecule has 3 aromatic carbocycles. The number of rotatable bonds is 5. The highest BCUT2D eigenvalue weighted by Gasteiger charge is 2.40. The zero-order valence-electron chi connectivity index (χ0n) is 18.1. The van der Waals surface area contributed by atoms with Crippen LogP contribution in [0.3, 0.4) is 0 Å². The predicted molar refractivity (Wildman–Crippen MR) is 123 cm³/mol. The van der Waals surface area contributed by atoms with E-state index in [1.54, 1.807) is 18.2 Å². The van der Waals surface area contributed by atoms with Gasteiger partial charge in [-0.25, -0.2) is 8.78 Å². The van der Waals surface area contributed by atoms with Gasteiger partial charge < -0.3 is 9.64 Å². The van der Waals surface area contributed by atoms with Crippen LogP contribution in [0.4, 0.5) is 14.5 Å². The molecule has 32 heavy (non-hydrogen) atoms. The van der Waals surface area contributed by atoms with Crippen LogP contribution in [-0.4, -0.2) is 31.1 Å². The molecule has 0 aliphatic carbocycles. The minimum Gasteiger partial charge on any atom is -0.457 e. The molecule has 0 saturated carbocycles. The van der Waals surface area contributed by atoms with Gasteiger partial charge in [0.2, 0.25) is 0 Å². The van der Waals surface area contributed by atoms with Crippen LogP contribution >= 0.6 is 0 Å². The Morgan fingerprint density at radius 3 is 2.28 bits per heavy atom. The van der Waals surface area contributed by atoms with Gasteiger partial charge in [0.05, 0.1) is 0 Å². The molecular weight excluding hydrogens is 406 g/mol. The average Bonchev–Trinajstić information content (AvgIpc) is 3.16. The molecule has 5 rings (SSSR count). The zero-order valence-corrected chi connectivity index (χ0v) is 18.1. The molecule has 0 aromatic heterocycles. The summed E-state index contributed by atoms with van der Waals surface area (Å²) in [4.78, 5) is 4.81. The molecule has 2 aliphatic rings. The fourth-order valence-electron chi connectivity index (χ4n) is 5.11. The summed E-state index contributed by atoms with van der Waals surface area (Å²) < 4.78 is 33.5. The van der Waals surface area contributed by atoms with Crippen LogP contribution in [0.25, 0.3) is 0 Å². The third kappa shape index (κ3) is 4.78. The number of ether oxygens (including phenoxy) is 1. The molecule has 0 unspecified atom stereocenters. The number of piperidine rings is 1. The van der Waals surface area contributed by atoms with Gasteiger partial charge >= 0.3 is 0 Å². The summed E-state index contributed by atoms with van der Waals surface area (Å²) in [6.07, 6.45) is 3.44. The molecule has 166 valence electrons. The van der Waals surface area contributed by atoms with Crippen LogP contribution in [0.15, 0.2) is 72.8 Å². The molecule has 3 aromatic rings. The number of hydrogen-bond donors (Lipinski definition) is 0. The van der Waals surface area contributed by atoms with Crippen molar-refractivity contribution in [2.45, 2.75) is 25.8 Å². The van der Waals surface area contributed by atoms with Gasteiger partial charge in [0.1, 0.15) is 23.1 Å². The molecular formula is C27H28F2N2O. The molecule has 0 radical (unpaired) electrons. The molecule has 0 bridgehead atoms. The van der Waals surface area contributed by atoms with Crippen LogP contribution in [0.2, 0.25) is 0 Å². The molecule has 5 heteroatoms. The van der Waals surface area contributed by atoms with E-state index in [-0.39, 0.29) is 11.6 Å². The van der Waals surface area contributed by atoms with Crippen molar-refractivity contribution in [3.8, 4) is 11.5 Å². The second-order valence-electron chi connectivity index (χ2n) is 9.14. The predicted octanol–water partition coefficient (Wildman–Crippen LogP) is 6.25. The Bertz CT molecular complexity index is 1060. The van der Waals surface area contributed by atoms with Crippen molar-refractivity contribution in [2.24, 2.45) is 5.41 Å². The number of likely N-dealkylation sites (tertiary alicyclic amines) is 1. The topological polar surface area (TPSA) is 15.7 Å². The van der Waals surface area contributed by atoms with Crippen LogP contribution in [0.5, 0.6) is 11.5 Å². The lowest BCUT2D eigenvalue weighted by molar-refractivity contribution is 0.206. The van der Waals surface area contributed by atoms with Crippen molar-refractivity contribution in [3.63, 3.8) is 0 Å². The van der Waals surface area contributed by atoms with Crippen molar-refractivity contribution < 1.29 is 13.5 Å². The van der Waals surface area contributed by atoms with E-state index in [4.69, 9.17) is 4.74 Å². The lowest BCUT2D eigenvalue weighted by Gasteiger charge is -2.40. The number of halogens is 2. The first-order valence-corrected chi connectivity index (χ1v) is 11.3. The Morgan fingerprint density at radius 1 is 0.750 bits per heavy atom. The lowest BCUT2D eigenvalue weighted by Crippen LogP contribution is -2.41. The first kappa shape index (κ1) is 21.0. The van der Waals surface area contributed by atoms with E-state index in [9.17, 15) is 8.78 Å². The summed E-state index contributed by atoms with van der Waals surface area (Å²) in [5.41, 5.74) is 2.55. The van der Waals surface area contributed by atoms with Gasteiger partial charge in [-0.1, -0.05) is 36.4 Å². The Hall–Kier alpha value is -2.92. The van der Waals surface area contributed by atoms with Gasteiger partial charge in [0.25, 0.3) is 0 Å². The highest BCUT2D eigenvalue weighted by Crippen LogP contribution is 2.42. The minimum absolute atomic E-state index is 0.343.